The van der Waals surface area contributed by atoms with Crippen molar-refractivity contribution in [3.8, 4) is 0 Å². The Labute approximate surface area is 141 Å². The number of urea groups is 1. The number of nitrogens with one attached hydrogen (secondary N) is 2. The van der Waals surface area contributed by atoms with Crippen molar-refractivity contribution in [2.75, 3.05) is 13.1 Å². The van der Waals surface area contributed by atoms with Crippen LogP contribution in [0.25, 0.3) is 0 Å². The zero-order valence-corrected chi connectivity index (χ0v) is 13.9. The number of hydrogen-bond donors (Lipinski definition) is 2. The molecule has 128 valence electrons. The number of carbonyl (C=O) groups excluding carboxylic acids is 3. The maximum atomic E-state index is 12.5. The third kappa shape index (κ3) is 3.13. The highest BCUT2D eigenvalue weighted by atomic mass is 16.2. The van der Waals surface area contributed by atoms with Gasteiger partial charge in [0.05, 0.1) is 0 Å². The quantitative estimate of drug-likeness (QED) is 0.826. The molecule has 0 bridgehead atoms. The molecule has 2 fully saturated rings. The fourth-order valence-electron chi connectivity index (χ4n) is 3.61. The van der Waals surface area contributed by atoms with E-state index in [0.29, 0.717) is 11.5 Å². The molecule has 3 rings (SSSR count). The molecule has 2 N–H and O–H groups in total. The molecule has 2 aliphatic rings. The molecular weight excluding hydrogens is 306 g/mol. The molecular formula is C18H23N3O3. The Hall–Kier alpha value is -2.37. The van der Waals surface area contributed by atoms with Gasteiger partial charge in [0.2, 0.25) is 5.91 Å². The van der Waals surface area contributed by atoms with Crippen LogP contribution in [0.2, 0.25) is 0 Å². The number of rotatable bonds is 4. The average Bonchev–Trinajstić information content (AvgIpc) is 2.88. The molecule has 2 unspecified atom stereocenters. The highest BCUT2D eigenvalue weighted by Crippen LogP contribution is 2.30. The minimum Gasteiger partial charge on any atom is -0.342 e. The predicted octanol–water partition coefficient (Wildman–Crippen LogP) is 1.76. The lowest BCUT2D eigenvalue weighted by Crippen LogP contribution is -2.46. The Balaban J connectivity index is 1.75. The summed E-state index contributed by atoms with van der Waals surface area (Å²) in [6, 6.07) is 8.60. The Kier molecular flexibility index (Phi) is 4.55. The number of piperidine rings is 1. The zero-order chi connectivity index (χ0) is 17.2. The number of nitrogens with zero attached hydrogens (tertiary/aromatic N) is 1. The first-order chi connectivity index (χ1) is 11.5. The van der Waals surface area contributed by atoms with Gasteiger partial charge in [-0.25, -0.2) is 4.79 Å². The molecule has 0 radical (unpaired) electrons. The van der Waals surface area contributed by atoms with Gasteiger partial charge in [0.15, 0.2) is 0 Å². The molecule has 1 aromatic rings. The Morgan fingerprint density at radius 3 is 2.67 bits per heavy atom. The van der Waals surface area contributed by atoms with Crippen LogP contribution in [0, 0.1) is 5.92 Å². The van der Waals surface area contributed by atoms with E-state index in [2.05, 4.69) is 17.6 Å². The van der Waals surface area contributed by atoms with Crippen molar-refractivity contribution in [2.45, 2.75) is 38.1 Å². The van der Waals surface area contributed by atoms with Crippen LogP contribution < -0.4 is 10.6 Å². The number of imide groups is 1. The second-order valence-corrected chi connectivity index (χ2v) is 6.77. The standard InChI is InChI=1S/C18H23N3O3/c1-13-6-5-11-21(12-13)15(22)9-10-18(14-7-3-2-4-8-14)16(23)19-17(24)20-18/h2-4,7-8,13H,5-6,9-12H2,1H3,(H2,19,20,23,24). The first-order valence-electron chi connectivity index (χ1n) is 8.48. The molecule has 6 heteroatoms. The van der Waals surface area contributed by atoms with Crippen LogP contribution >= 0.6 is 0 Å². The van der Waals surface area contributed by atoms with Crippen molar-refractivity contribution in [3.05, 3.63) is 35.9 Å². The second-order valence-electron chi connectivity index (χ2n) is 6.77. The lowest BCUT2D eigenvalue weighted by Gasteiger charge is -2.32. The molecule has 0 spiro atoms. The van der Waals surface area contributed by atoms with Gasteiger partial charge in [-0.3, -0.25) is 14.9 Å². The Bertz CT molecular complexity index is 646. The van der Waals surface area contributed by atoms with Gasteiger partial charge >= 0.3 is 6.03 Å². The number of carbonyl (C=O) groups is 3. The minimum atomic E-state index is -1.16. The van der Waals surface area contributed by atoms with Gasteiger partial charge in [-0.15, -0.1) is 0 Å². The first kappa shape index (κ1) is 16.5. The number of likely N-dealkylation sites (tertiary alicyclic amines) is 1. The molecule has 6 nitrogen and oxygen atoms in total. The lowest BCUT2D eigenvalue weighted by atomic mass is 9.85. The van der Waals surface area contributed by atoms with E-state index in [1.807, 2.05) is 23.1 Å². The summed E-state index contributed by atoms with van der Waals surface area (Å²) in [4.78, 5) is 38.5. The van der Waals surface area contributed by atoms with Crippen molar-refractivity contribution >= 4 is 17.8 Å². The summed E-state index contributed by atoms with van der Waals surface area (Å²) < 4.78 is 0. The third-order valence-electron chi connectivity index (χ3n) is 4.93. The number of benzene rings is 1. The van der Waals surface area contributed by atoms with E-state index < -0.39 is 17.5 Å². The van der Waals surface area contributed by atoms with Crippen molar-refractivity contribution in [1.29, 1.82) is 0 Å². The summed E-state index contributed by atoms with van der Waals surface area (Å²) in [5.41, 5.74) is -0.455. The molecule has 0 aromatic heterocycles. The van der Waals surface area contributed by atoms with Crippen LogP contribution in [0.1, 0.15) is 38.2 Å². The van der Waals surface area contributed by atoms with Crippen LogP contribution in [-0.4, -0.2) is 35.8 Å². The second kappa shape index (κ2) is 6.63. The van der Waals surface area contributed by atoms with Crippen LogP contribution in [0.15, 0.2) is 30.3 Å². The van der Waals surface area contributed by atoms with Crippen LogP contribution in [-0.2, 0) is 15.1 Å². The fraction of sp³-hybridized carbons (Fsp3) is 0.500. The van der Waals surface area contributed by atoms with Gasteiger partial charge in [-0.1, -0.05) is 37.3 Å². The van der Waals surface area contributed by atoms with E-state index in [9.17, 15) is 14.4 Å². The van der Waals surface area contributed by atoms with Gasteiger partial charge in [-0.05, 0) is 30.7 Å². The third-order valence-corrected chi connectivity index (χ3v) is 4.93. The van der Waals surface area contributed by atoms with Gasteiger partial charge in [-0.2, -0.15) is 0 Å². The maximum absolute atomic E-state index is 12.5. The molecule has 2 aliphatic heterocycles. The molecule has 0 aliphatic carbocycles. The van der Waals surface area contributed by atoms with Crippen LogP contribution in [0.3, 0.4) is 0 Å². The van der Waals surface area contributed by atoms with Crippen molar-refractivity contribution in [3.63, 3.8) is 0 Å². The molecule has 24 heavy (non-hydrogen) atoms. The highest BCUT2D eigenvalue weighted by Gasteiger charge is 2.47. The number of amides is 4. The van der Waals surface area contributed by atoms with Crippen molar-refractivity contribution in [2.24, 2.45) is 5.92 Å². The largest absolute Gasteiger partial charge is 0.342 e. The Morgan fingerprint density at radius 1 is 1.29 bits per heavy atom. The van der Waals surface area contributed by atoms with Crippen LogP contribution in [0.5, 0.6) is 0 Å². The zero-order valence-electron chi connectivity index (χ0n) is 13.9. The SMILES string of the molecule is CC1CCCN(C(=O)CCC2(c3ccccc3)NC(=O)NC2=O)C1. The van der Waals surface area contributed by atoms with E-state index in [1.54, 1.807) is 12.1 Å². The molecule has 1 aromatic carbocycles. The van der Waals surface area contributed by atoms with E-state index in [0.717, 1.165) is 25.9 Å². The topological polar surface area (TPSA) is 78.5 Å². The normalized spacial score (nSPS) is 26.9. The molecule has 2 atom stereocenters. The van der Waals surface area contributed by atoms with E-state index in [-0.39, 0.29) is 18.7 Å². The van der Waals surface area contributed by atoms with Crippen molar-refractivity contribution in [1.82, 2.24) is 15.5 Å². The summed E-state index contributed by atoms with van der Waals surface area (Å²) in [7, 11) is 0. The van der Waals surface area contributed by atoms with Crippen LogP contribution in [0.4, 0.5) is 4.79 Å². The van der Waals surface area contributed by atoms with E-state index in [1.165, 1.54) is 0 Å². The van der Waals surface area contributed by atoms with Gasteiger partial charge < -0.3 is 10.2 Å². The predicted molar refractivity (Wildman–Crippen MR) is 89.0 cm³/mol. The molecule has 2 saturated heterocycles. The summed E-state index contributed by atoms with van der Waals surface area (Å²) in [6.45, 7) is 3.70. The molecule has 2 heterocycles. The number of hydrogen-bond acceptors (Lipinski definition) is 3. The van der Waals surface area contributed by atoms with E-state index >= 15 is 0 Å². The summed E-state index contributed by atoms with van der Waals surface area (Å²) in [5, 5.41) is 5.03. The Morgan fingerprint density at radius 2 is 2.04 bits per heavy atom. The van der Waals surface area contributed by atoms with Crippen molar-refractivity contribution < 1.29 is 14.4 Å². The smallest absolute Gasteiger partial charge is 0.322 e. The fourth-order valence-corrected chi connectivity index (χ4v) is 3.61. The summed E-state index contributed by atoms with van der Waals surface area (Å²) in [5.74, 6) is 0.171. The minimum absolute atomic E-state index is 0.0470. The monoisotopic (exact) mass is 329 g/mol. The lowest BCUT2D eigenvalue weighted by molar-refractivity contribution is -0.133. The molecule has 0 saturated carbocycles. The van der Waals surface area contributed by atoms with Gasteiger partial charge in [0.25, 0.3) is 5.91 Å². The molecule has 4 amide bonds. The first-order valence-corrected chi connectivity index (χ1v) is 8.48. The average molecular weight is 329 g/mol. The van der Waals surface area contributed by atoms with Gasteiger partial charge in [0.1, 0.15) is 5.54 Å². The summed E-state index contributed by atoms with van der Waals surface area (Å²) >= 11 is 0. The summed E-state index contributed by atoms with van der Waals surface area (Å²) in [6.07, 6.45) is 2.66. The highest BCUT2D eigenvalue weighted by molar-refractivity contribution is 6.07. The maximum Gasteiger partial charge on any atom is 0.322 e. The van der Waals surface area contributed by atoms with E-state index in [4.69, 9.17) is 0 Å². The van der Waals surface area contributed by atoms with Gasteiger partial charge in [0, 0.05) is 19.5 Å².